The van der Waals surface area contributed by atoms with E-state index >= 15 is 0 Å². The maximum Gasteiger partial charge on any atom is 0.267 e. The van der Waals surface area contributed by atoms with E-state index < -0.39 is 33.7 Å². The summed E-state index contributed by atoms with van der Waals surface area (Å²) in [7, 11) is -3.94. The number of carbonyl (C=O) groups is 1. The Kier molecular flexibility index (Phi) is 5.36. The molecule has 3 rings (SSSR count). The molecule has 0 atom stereocenters. The van der Waals surface area contributed by atoms with Crippen LogP contribution in [0.1, 0.15) is 5.56 Å². The molecule has 1 heterocycles. The standard InChI is InChI=1S/C19H16FN3O4S/c1-13-3-2-4-16(11-13)28(26,27)18-9-10-19(25)23(22-18)12-17(24)21-15-7-5-14(20)6-8-15/h2-11H,12H2,1H3,(H,21,24). The van der Waals surface area contributed by atoms with Gasteiger partial charge in [0.05, 0.1) is 4.90 Å². The van der Waals surface area contributed by atoms with Crippen molar-refractivity contribution in [2.45, 2.75) is 23.4 Å². The molecule has 2 aromatic carbocycles. The number of aryl methyl sites for hydroxylation is 1. The summed E-state index contributed by atoms with van der Waals surface area (Å²) in [4.78, 5) is 24.2. The third-order valence-electron chi connectivity index (χ3n) is 3.84. The first kappa shape index (κ1) is 19.4. The predicted octanol–water partition coefficient (Wildman–Crippen LogP) is 2.16. The molecule has 28 heavy (non-hydrogen) atoms. The molecule has 0 saturated heterocycles. The van der Waals surface area contributed by atoms with Crippen LogP contribution < -0.4 is 10.9 Å². The van der Waals surface area contributed by atoms with E-state index in [9.17, 15) is 22.4 Å². The lowest BCUT2D eigenvalue weighted by Crippen LogP contribution is -2.30. The number of hydrogen-bond acceptors (Lipinski definition) is 5. The van der Waals surface area contributed by atoms with Gasteiger partial charge in [0, 0.05) is 11.8 Å². The van der Waals surface area contributed by atoms with Crippen molar-refractivity contribution < 1.29 is 17.6 Å². The van der Waals surface area contributed by atoms with Gasteiger partial charge in [-0.15, -0.1) is 0 Å². The highest BCUT2D eigenvalue weighted by atomic mass is 32.2. The Hall–Kier alpha value is -3.33. The summed E-state index contributed by atoms with van der Waals surface area (Å²) in [5, 5.41) is 5.99. The number of nitrogens with one attached hydrogen (secondary N) is 1. The van der Waals surface area contributed by atoms with Gasteiger partial charge in [-0.25, -0.2) is 17.5 Å². The van der Waals surface area contributed by atoms with Gasteiger partial charge in [0.25, 0.3) is 5.56 Å². The van der Waals surface area contributed by atoms with Gasteiger partial charge >= 0.3 is 0 Å². The van der Waals surface area contributed by atoms with Gasteiger partial charge < -0.3 is 5.32 Å². The molecular formula is C19H16FN3O4S. The second kappa shape index (κ2) is 7.73. The van der Waals surface area contributed by atoms with Crippen LogP contribution in [0.25, 0.3) is 0 Å². The molecule has 0 unspecified atom stereocenters. The number of aromatic nitrogens is 2. The van der Waals surface area contributed by atoms with Crippen molar-refractivity contribution in [3.05, 3.63) is 82.4 Å². The van der Waals surface area contributed by atoms with E-state index in [0.717, 1.165) is 22.4 Å². The molecule has 7 nitrogen and oxygen atoms in total. The summed E-state index contributed by atoms with van der Waals surface area (Å²) in [6.07, 6.45) is 0. The second-order valence-electron chi connectivity index (χ2n) is 6.04. The predicted molar refractivity (Wildman–Crippen MR) is 100 cm³/mol. The number of nitrogens with zero attached hydrogens (tertiary/aromatic N) is 2. The highest BCUT2D eigenvalue weighted by molar-refractivity contribution is 7.91. The summed E-state index contributed by atoms with van der Waals surface area (Å²) in [5.41, 5.74) is 0.466. The van der Waals surface area contributed by atoms with Crippen LogP contribution in [0.4, 0.5) is 10.1 Å². The summed E-state index contributed by atoms with van der Waals surface area (Å²) in [5.74, 6) is -1.06. The van der Waals surface area contributed by atoms with Crippen molar-refractivity contribution in [2.24, 2.45) is 0 Å². The Morgan fingerprint density at radius 1 is 1.11 bits per heavy atom. The number of hydrogen-bond donors (Lipinski definition) is 1. The molecule has 0 bridgehead atoms. The normalized spacial score (nSPS) is 11.2. The van der Waals surface area contributed by atoms with Gasteiger partial charge in [-0.05, 0) is 55.0 Å². The minimum Gasteiger partial charge on any atom is -0.324 e. The zero-order valence-electron chi connectivity index (χ0n) is 14.8. The van der Waals surface area contributed by atoms with E-state index in [1.165, 1.54) is 36.4 Å². The minimum atomic E-state index is -3.94. The maximum absolute atomic E-state index is 12.9. The van der Waals surface area contributed by atoms with Gasteiger partial charge in [0.1, 0.15) is 12.4 Å². The Balaban J connectivity index is 1.86. The number of halogens is 1. The second-order valence-corrected chi connectivity index (χ2v) is 7.94. The van der Waals surface area contributed by atoms with Crippen LogP contribution in [-0.4, -0.2) is 24.1 Å². The van der Waals surface area contributed by atoms with Crippen LogP contribution in [0.15, 0.2) is 75.4 Å². The lowest BCUT2D eigenvalue weighted by molar-refractivity contribution is -0.117. The molecule has 0 fully saturated rings. The van der Waals surface area contributed by atoms with E-state index in [-0.39, 0.29) is 9.92 Å². The van der Waals surface area contributed by atoms with Crippen molar-refractivity contribution in [2.75, 3.05) is 5.32 Å². The van der Waals surface area contributed by atoms with Crippen molar-refractivity contribution in [3.63, 3.8) is 0 Å². The maximum atomic E-state index is 12.9. The fraction of sp³-hybridized carbons (Fsp3) is 0.105. The number of sulfone groups is 1. The fourth-order valence-corrected chi connectivity index (χ4v) is 3.75. The summed E-state index contributed by atoms with van der Waals surface area (Å²) in [6.45, 7) is 1.26. The van der Waals surface area contributed by atoms with Gasteiger partial charge in [0.2, 0.25) is 15.7 Å². The first-order chi connectivity index (χ1) is 13.3. The highest BCUT2D eigenvalue weighted by Gasteiger charge is 2.21. The molecule has 1 N–H and O–H groups in total. The van der Waals surface area contributed by atoms with Gasteiger partial charge in [-0.2, -0.15) is 5.10 Å². The van der Waals surface area contributed by atoms with Crippen LogP contribution in [-0.2, 0) is 21.2 Å². The van der Waals surface area contributed by atoms with Crippen LogP contribution in [0.2, 0.25) is 0 Å². The average Bonchev–Trinajstić information content (AvgIpc) is 2.65. The first-order valence-electron chi connectivity index (χ1n) is 8.21. The molecule has 0 aliphatic rings. The van der Waals surface area contributed by atoms with Gasteiger partial charge in [-0.1, -0.05) is 12.1 Å². The Morgan fingerprint density at radius 3 is 2.50 bits per heavy atom. The quantitative estimate of drug-likeness (QED) is 0.707. The molecule has 3 aromatic rings. The number of anilines is 1. The SMILES string of the molecule is Cc1cccc(S(=O)(=O)c2ccc(=O)n(CC(=O)Nc3ccc(F)cc3)n2)c1. The molecule has 0 radical (unpaired) electrons. The molecule has 0 saturated carbocycles. The Bertz CT molecular complexity index is 1190. The molecule has 0 aliphatic heterocycles. The molecule has 1 amide bonds. The Morgan fingerprint density at radius 2 is 1.82 bits per heavy atom. The molecule has 1 aromatic heterocycles. The van der Waals surface area contributed by atoms with Crippen molar-refractivity contribution in [3.8, 4) is 0 Å². The van der Waals surface area contributed by atoms with Crippen LogP contribution >= 0.6 is 0 Å². The molecule has 9 heteroatoms. The van der Waals surface area contributed by atoms with Crippen molar-refractivity contribution >= 4 is 21.4 Å². The van der Waals surface area contributed by atoms with Crippen LogP contribution in [0, 0.1) is 12.7 Å². The first-order valence-corrected chi connectivity index (χ1v) is 9.69. The summed E-state index contributed by atoms with van der Waals surface area (Å²) >= 11 is 0. The van der Waals surface area contributed by atoms with Crippen LogP contribution in [0.3, 0.4) is 0 Å². The zero-order chi connectivity index (χ0) is 20.3. The molecule has 0 aliphatic carbocycles. The van der Waals surface area contributed by atoms with Gasteiger partial charge in [-0.3, -0.25) is 9.59 Å². The summed E-state index contributed by atoms with van der Waals surface area (Å²) < 4.78 is 39.2. The van der Waals surface area contributed by atoms with E-state index in [2.05, 4.69) is 10.4 Å². The van der Waals surface area contributed by atoms with Gasteiger partial charge in [0.15, 0.2) is 5.03 Å². The largest absolute Gasteiger partial charge is 0.324 e. The third-order valence-corrected chi connectivity index (χ3v) is 5.48. The number of benzene rings is 2. The minimum absolute atomic E-state index is 0.0426. The lowest BCUT2D eigenvalue weighted by Gasteiger charge is -2.09. The number of amides is 1. The van der Waals surface area contributed by atoms with E-state index in [4.69, 9.17) is 0 Å². The van der Waals surface area contributed by atoms with Crippen LogP contribution in [0.5, 0.6) is 0 Å². The fourth-order valence-electron chi connectivity index (χ4n) is 2.46. The van der Waals surface area contributed by atoms with Crippen molar-refractivity contribution in [1.29, 1.82) is 0 Å². The summed E-state index contributed by atoms with van der Waals surface area (Å²) in [6, 6.07) is 13.5. The molecular weight excluding hydrogens is 385 g/mol. The number of rotatable bonds is 5. The topological polar surface area (TPSA) is 98.1 Å². The smallest absolute Gasteiger partial charge is 0.267 e. The monoisotopic (exact) mass is 401 g/mol. The third kappa shape index (κ3) is 4.32. The average molecular weight is 401 g/mol. The van der Waals surface area contributed by atoms with Crippen molar-refractivity contribution in [1.82, 2.24) is 9.78 Å². The lowest BCUT2D eigenvalue weighted by atomic mass is 10.2. The molecule has 144 valence electrons. The van der Waals surface area contributed by atoms with E-state index in [1.807, 2.05) is 0 Å². The van der Waals surface area contributed by atoms with E-state index in [0.29, 0.717) is 5.69 Å². The highest BCUT2D eigenvalue weighted by Crippen LogP contribution is 2.19. The Labute approximate surface area is 160 Å². The number of carbonyl (C=O) groups excluding carboxylic acids is 1. The molecule has 0 spiro atoms. The van der Waals surface area contributed by atoms with E-state index in [1.54, 1.807) is 19.1 Å². The zero-order valence-corrected chi connectivity index (χ0v) is 15.6.